The lowest BCUT2D eigenvalue weighted by atomic mass is 9.93. The minimum atomic E-state index is -0.974. The van der Waals surface area contributed by atoms with Crippen molar-refractivity contribution in [3.05, 3.63) is 89.4 Å². The number of aromatic amines is 2. The summed E-state index contributed by atoms with van der Waals surface area (Å²) in [6.45, 7) is 5.59. The number of alkyl carbamates (subject to hydrolysis) is 2. The van der Waals surface area contributed by atoms with Gasteiger partial charge in [0.15, 0.2) is 0 Å². The number of anilines is 1. The Morgan fingerprint density at radius 3 is 2.02 bits per heavy atom. The fourth-order valence-electron chi connectivity index (χ4n) is 8.77. The van der Waals surface area contributed by atoms with E-state index in [-0.39, 0.29) is 40.9 Å². The summed E-state index contributed by atoms with van der Waals surface area (Å²) in [6.07, 6.45) is 7.04. The summed E-state index contributed by atoms with van der Waals surface area (Å²) in [6, 6.07) is 9.09. The van der Waals surface area contributed by atoms with Gasteiger partial charge < -0.3 is 44.8 Å². The molecule has 3 saturated heterocycles. The molecule has 2 aromatic heterocycles. The number of carbonyl (C=O) groups is 4. The molecule has 3 aliphatic rings. The first kappa shape index (κ1) is 42.1. The molecule has 4 atom stereocenters. The van der Waals surface area contributed by atoms with E-state index in [1.807, 2.05) is 19.9 Å². The maximum Gasteiger partial charge on any atom is 0.407 e. The molecule has 0 saturated carbocycles. The number of hydrogen-bond acceptors (Lipinski definition) is 9. The maximum absolute atomic E-state index is 15.9. The highest BCUT2D eigenvalue weighted by molar-refractivity contribution is 5.88. The summed E-state index contributed by atoms with van der Waals surface area (Å²) in [4.78, 5) is 72.9. The molecule has 0 spiro atoms. The van der Waals surface area contributed by atoms with Gasteiger partial charge >= 0.3 is 12.2 Å². The van der Waals surface area contributed by atoms with Crippen LogP contribution in [0.4, 0.5) is 24.1 Å². The van der Waals surface area contributed by atoms with Crippen molar-refractivity contribution in [1.29, 1.82) is 0 Å². The second kappa shape index (κ2) is 18.5. The molecule has 7 rings (SSSR count). The average Bonchev–Trinajstić information content (AvgIpc) is 4.06. The van der Waals surface area contributed by atoms with Crippen molar-refractivity contribution in [2.45, 2.75) is 88.9 Å². The number of halogens is 2. The van der Waals surface area contributed by atoms with Gasteiger partial charge in [-0.15, -0.1) is 0 Å². The van der Waals surface area contributed by atoms with Crippen LogP contribution in [0.25, 0.3) is 11.3 Å². The zero-order valence-electron chi connectivity index (χ0n) is 34.4. The smallest absolute Gasteiger partial charge is 0.407 e. The molecular weight excluding hydrogens is 777 g/mol. The van der Waals surface area contributed by atoms with Crippen molar-refractivity contribution in [1.82, 2.24) is 40.4 Å². The fourth-order valence-corrected chi connectivity index (χ4v) is 8.77. The van der Waals surface area contributed by atoms with Crippen molar-refractivity contribution in [3.8, 4) is 11.3 Å². The number of aromatic nitrogens is 4. The lowest BCUT2D eigenvalue weighted by Crippen LogP contribution is -2.53. The van der Waals surface area contributed by atoms with E-state index >= 15 is 8.78 Å². The first-order chi connectivity index (χ1) is 29.0. The molecule has 2 aromatic carbocycles. The van der Waals surface area contributed by atoms with Crippen LogP contribution in [0.5, 0.6) is 0 Å². The Balaban J connectivity index is 1.00. The number of nitrogens with one attached hydrogen (secondary N) is 4. The summed E-state index contributed by atoms with van der Waals surface area (Å²) in [5.74, 6) is -0.776. The average molecular weight is 830 g/mol. The Bertz CT molecular complexity index is 2130. The van der Waals surface area contributed by atoms with Crippen LogP contribution < -0.4 is 15.5 Å². The van der Waals surface area contributed by atoms with Crippen LogP contribution in [-0.2, 0) is 19.1 Å². The monoisotopic (exact) mass is 829 g/mol. The van der Waals surface area contributed by atoms with E-state index < -0.39 is 41.9 Å². The lowest BCUT2D eigenvalue weighted by Gasteiger charge is -2.37. The Morgan fingerprint density at radius 2 is 1.35 bits per heavy atom. The summed E-state index contributed by atoms with van der Waals surface area (Å²) < 4.78 is 41.3. The number of nitrogens with zero attached hydrogens (tertiary/aromatic N) is 5. The quantitative estimate of drug-likeness (QED) is 0.129. The number of amides is 4. The minimum absolute atomic E-state index is 0.0784. The molecule has 60 heavy (non-hydrogen) atoms. The number of methoxy groups -OCH3 is 2. The van der Waals surface area contributed by atoms with Gasteiger partial charge in [0, 0.05) is 49.6 Å². The number of benzene rings is 2. The molecule has 4 N–H and O–H groups in total. The van der Waals surface area contributed by atoms with Crippen LogP contribution in [-0.4, -0.2) is 100 Å². The number of imidazole rings is 2. The van der Waals surface area contributed by atoms with Crippen LogP contribution in [0, 0.1) is 17.6 Å². The topological polar surface area (TPSA) is 178 Å². The number of rotatable bonds is 11. The van der Waals surface area contributed by atoms with E-state index in [4.69, 9.17) is 14.5 Å². The number of piperidine rings is 2. The Morgan fingerprint density at radius 1 is 0.750 bits per heavy atom. The largest absolute Gasteiger partial charge is 0.453 e. The van der Waals surface area contributed by atoms with E-state index in [0.717, 1.165) is 25.0 Å². The molecule has 3 fully saturated rings. The number of ether oxygens (including phenoxy) is 2. The van der Waals surface area contributed by atoms with Crippen LogP contribution in [0.1, 0.15) is 106 Å². The van der Waals surface area contributed by atoms with Gasteiger partial charge in [-0.25, -0.2) is 28.3 Å². The van der Waals surface area contributed by atoms with Gasteiger partial charge in [-0.1, -0.05) is 44.2 Å². The molecule has 0 unspecified atom stereocenters. The molecule has 5 heterocycles. The molecule has 0 bridgehead atoms. The normalized spacial score (nSPS) is 19.6. The highest BCUT2D eigenvalue weighted by Crippen LogP contribution is 2.38. The highest BCUT2D eigenvalue weighted by Gasteiger charge is 2.39. The van der Waals surface area contributed by atoms with E-state index in [0.29, 0.717) is 74.8 Å². The van der Waals surface area contributed by atoms with Crippen molar-refractivity contribution < 1.29 is 37.4 Å². The van der Waals surface area contributed by atoms with Gasteiger partial charge in [0.05, 0.1) is 38.2 Å². The molecule has 17 heteroatoms. The standard InChI is InChI=1S/C43H53F2N9O6/c1-25(2)35(50-42(57)59-3)40(55)53-17-9-8-13-33(53)38-46-23-31(48-38)26-15-19-52(20-16-26)37-29(44)21-28(22-30(37)45)32-24-47-39(49-32)34-14-10-18-54(34)41(56)36(51-43(58)60-4)27-11-6-5-7-12-27/h5-7,11-12,21-26,33-36H,8-10,13-20H2,1-4H3,(H,46,48)(H,47,49)(H,50,57)(H,51,58)/t33-,34-,35+,36+/m0/s1. The fraction of sp³-hybridized carbons (Fsp3) is 0.488. The van der Waals surface area contributed by atoms with Gasteiger partial charge in [-0.2, -0.15) is 0 Å². The van der Waals surface area contributed by atoms with Gasteiger partial charge in [0.25, 0.3) is 5.91 Å². The Hall–Kier alpha value is -6.00. The molecular formula is C43H53F2N9O6. The molecule has 0 aliphatic carbocycles. The summed E-state index contributed by atoms with van der Waals surface area (Å²) in [7, 11) is 2.51. The predicted octanol–water partition coefficient (Wildman–Crippen LogP) is 6.66. The first-order valence-corrected chi connectivity index (χ1v) is 20.7. The van der Waals surface area contributed by atoms with Crippen LogP contribution >= 0.6 is 0 Å². The molecule has 0 radical (unpaired) electrons. The highest BCUT2D eigenvalue weighted by atomic mass is 19.1. The van der Waals surface area contributed by atoms with Gasteiger partial charge in [0.1, 0.15) is 41.1 Å². The predicted molar refractivity (Wildman–Crippen MR) is 218 cm³/mol. The van der Waals surface area contributed by atoms with Crippen molar-refractivity contribution in [3.63, 3.8) is 0 Å². The first-order valence-electron chi connectivity index (χ1n) is 20.7. The van der Waals surface area contributed by atoms with Crippen LogP contribution in [0.3, 0.4) is 0 Å². The third-order valence-electron chi connectivity index (χ3n) is 12.0. The van der Waals surface area contributed by atoms with Gasteiger partial charge in [0.2, 0.25) is 5.91 Å². The second-order valence-electron chi connectivity index (χ2n) is 16.0. The van der Waals surface area contributed by atoms with E-state index in [9.17, 15) is 19.2 Å². The molecule has 15 nitrogen and oxygen atoms in total. The van der Waals surface area contributed by atoms with E-state index in [1.165, 1.54) is 32.5 Å². The molecule has 3 aliphatic heterocycles. The van der Waals surface area contributed by atoms with Crippen molar-refractivity contribution in [2.24, 2.45) is 5.92 Å². The molecule has 320 valence electrons. The van der Waals surface area contributed by atoms with Crippen molar-refractivity contribution >= 4 is 29.7 Å². The summed E-state index contributed by atoms with van der Waals surface area (Å²) in [5.41, 5.74) is 2.13. The number of H-pyrrole nitrogens is 2. The van der Waals surface area contributed by atoms with Gasteiger partial charge in [-0.05, 0) is 68.6 Å². The Kier molecular flexibility index (Phi) is 13.0. The molecule has 4 amide bonds. The number of hydrogen-bond donors (Lipinski definition) is 4. The Labute approximate surface area is 347 Å². The third-order valence-corrected chi connectivity index (χ3v) is 12.0. The minimum Gasteiger partial charge on any atom is -0.453 e. The van der Waals surface area contributed by atoms with Crippen LogP contribution in [0.2, 0.25) is 0 Å². The zero-order valence-corrected chi connectivity index (χ0v) is 34.4. The van der Waals surface area contributed by atoms with Gasteiger partial charge in [-0.3, -0.25) is 9.59 Å². The SMILES string of the molecule is COC(=O)N[C@@H](C(=O)N1CCC[C@H]1c1ncc(-c2cc(F)c(N3CCC(c4cnc([C@@H]5CCCCN5C(=O)[C@H](NC(=O)OC)C(C)C)[nH]4)CC3)c(F)c2)[nH]1)c1ccccc1. The van der Waals surface area contributed by atoms with E-state index in [2.05, 4.69) is 25.6 Å². The number of likely N-dealkylation sites (tertiary alicyclic amines) is 2. The summed E-state index contributed by atoms with van der Waals surface area (Å²) >= 11 is 0. The third kappa shape index (κ3) is 8.94. The molecule has 4 aromatic rings. The summed E-state index contributed by atoms with van der Waals surface area (Å²) in [5, 5.41) is 5.34. The number of carbonyl (C=O) groups excluding carboxylic acids is 4. The van der Waals surface area contributed by atoms with E-state index in [1.54, 1.807) is 45.2 Å². The zero-order chi connectivity index (χ0) is 42.5. The second-order valence-corrected chi connectivity index (χ2v) is 16.0. The van der Waals surface area contributed by atoms with Crippen molar-refractivity contribution in [2.75, 3.05) is 45.3 Å². The lowest BCUT2D eigenvalue weighted by molar-refractivity contribution is -0.138. The van der Waals surface area contributed by atoms with Crippen LogP contribution in [0.15, 0.2) is 54.9 Å². The maximum atomic E-state index is 15.9.